The van der Waals surface area contributed by atoms with Crippen molar-refractivity contribution in [1.29, 1.82) is 0 Å². The molecule has 0 aliphatic carbocycles. The molecule has 1 heterocycles. The second-order valence-electron chi connectivity index (χ2n) is 6.19. The smallest absolute Gasteiger partial charge is 0.260 e. The summed E-state index contributed by atoms with van der Waals surface area (Å²) in [5, 5.41) is 9.38. The van der Waals surface area contributed by atoms with Gasteiger partial charge in [-0.15, -0.1) is 0 Å². The number of phenols is 1. The van der Waals surface area contributed by atoms with E-state index in [4.69, 9.17) is 9.47 Å². The monoisotopic (exact) mass is 341 g/mol. The van der Waals surface area contributed by atoms with Gasteiger partial charge in [-0.25, -0.2) is 0 Å². The number of carbonyl (C=O) groups excluding carboxylic acids is 1. The number of hydrogen-bond donors (Lipinski definition) is 1. The number of nitrogens with zero attached hydrogens (tertiary/aromatic N) is 1. The molecule has 0 bridgehead atoms. The molecule has 132 valence electrons. The molecule has 1 aliphatic heterocycles. The number of piperidine rings is 1. The zero-order valence-corrected chi connectivity index (χ0v) is 14.4. The van der Waals surface area contributed by atoms with Gasteiger partial charge in [0.15, 0.2) is 18.1 Å². The predicted molar refractivity (Wildman–Crippen MR) is 95.2 cm³/mol. The number of hydrogen-bond acceptors (Lipinski definition) is 4. The number of amides is 1. The highest BCUT2D eigenvalue weighted by atomic mass is 16.5. The van der Waals surface area contributed by atoms with Crippen LogP contribution in [0.15, 0.2) is 48.5 Å². The minimum atomic E-state index is -0.00457. The molecule has 1 N–H and O–H groups in total. The van der Waals surface area contributed by atoms with Gasteiger partial charge in [-0.05, 0) is 48.6 Å². The van der Waals surface area contributed by atoms with Crippen molar-refractivity contribution in [3.05, 3.63) is 54.1 Å². The van der Waals surface area contributed by atoms with E-state index in [1.54, 1.807) is 25.3 Å². The van der Waals surface area contributed by atoms with Gasteiger partial charge in [-0.1, -0.05) is 24.3 Å². The van der Waals surface area contributed by atoms with Crippen molar-refractivity contribution in [2.45, 2.75) is 18.8 Å². The SMILES string of the molecule is COc1ccccc1OCC(=O)N1CCC(c2ccc(O)cc2)CC1. The average Bonchev–Trinajstić information content (AvgIpc) is 2.67. The molecular formula is C20H23NO4. The maximum Gasteiger partial charge on any atom is 0.260 e. The first-order valence-corrected chi connectivity index (χ1v) is 8.50. The molecule has 0 spiro atoms. The Bertz CT molecular complexity index is 706. The molecule has 25 heavy (non-hydrogen) atoms. The number of rotatable bonds is 5. The fourth-order valence-corrected chi connectivity index (χ4v) is 3.18. The van der Waals surface area contributed by atoms with E-state index in [9.17, 15) is 9.90 Å². The van der Waals surface area contributed by atoms with Crippen LogP contribution in [0.5, 0.6) is 17.2 Å². The van der Waals surface area contributed by atoms with Gasteiger partial charge in [0.2, 0.25) is 0 Å². The molecule has 2 aromatic rings. The Hall–Kier alpha value is -2.69. The first kappa shape index (κ1) is 17.1. The lowest BCUT2D eigenvalue weighted by Crippen LogP contribution is -2.40. The molecule has 5 heteroatoms. The van der Waals surface area contributed by atoms with Crippen LogP contribution < -0.4 is 9.47 Å². The van der Waals surface area contributed by atoms with Crippen molar-refractivity contribution in [3.8, 4) is 17.2 Å². The van der Waals surface area contributed by atoms with Gasteiger partial charge >= 0.3 is 0 Å². The first-order valence-electron chi connectivity index (χ1n) is 8.50. The second-order valence-corrected chi connectivity index (χ2v) is 6.19. The summed E-state index contributed by atoms with van der Waals surface area (Å²) in [6, 6.07) is 14.7. The molecule has 1 saturated heterocycles. The Labute approximate surface area is 147 Å². The Balaban J connectivity index is 1.50. The van der Waals surface area contributed by atoms with Crippen molar-refractivity contribution in [1.82, 2.24) is 4.90 Å². The molecule has 5 nitrogen and oxygen atoms in total. The van der Waals surface area contributed by atoms with Crippen LogP contribution in [0.3, 0.4) is 0 Å². The van der Waals surface area contributed by atoms with Gasteiger partial charge < -0.3 is 19.5 Å². The summed E-state index contributed by atoms with van der Waals surface area (Å²) >= 11 is 0. The summed E-state index contributed by atoms with van der Waals surface area (Å²) < 4.78 is 10.9. The lowest BCUT2D eigenvalue weighted by atomic mass is 9.89. The van der Waals surface area contributed by atoms with E-state index >= 15 is 0 Å². The van der Waals surface area contributed by atoms with Crippen molar-refractivity contribution >= 4 is 5.91 Å². The highest BCUT2D eigenvalue weighted by molar-refractivity contribution is 5.78. The van der Waals surface area contributed by atoms with Crippen molar-refractivity contribution in [2.75, 3.05) is 26.8 Å². The Morgan fingerprint density at radius 3 is 2.36 bits per heavy atom. The molecule has 1 amide bonds. The summed E-state index contributed by atoms with van der Waals surface area (Å²) in [6.07, 6.45) is 1.84. The number of phenolic OH excluding ortho intramolecular Hbond substituents is 1. The number of ether oxygens (including phenoxy) is 2. The molecule has 1 fully saturated rings. The van der Waals surface area contributed by atoms with E-state index in [1.807, 2.05) is 35.2 Å². The molecule has 0 aromatic heterocycles. The van der Waals surface area contributed by atoms with Crippen LogP contribution in [0.25, 0.3) is 0 Å². The Kier molecular flexibility index (Phi) is 5.43. The van der Waals surface area contributed by atoms with Crippen LogP contribution in [-0.2, 0) is 4.79 Å². The van der Waals surface area contributed by atoms with Crippen LogP contribution in [0.4, 0.5) is 0 Å². The largest absolute Gasteiger partial charge is 0.508 e. The standard InChI is InChI=1S/C20H23NO4/c1-24-18-4-2-3-5-19(18)25-14-20(23)21-12-10-16(11-13-21)15-6-8-17(22)9-7-15/h2-9,16,22H,10-14H2,1H3. The minimum absolute atomic E-state index is 0.00457. The van der Waals surface area contributed by atoms with Crippen LogP contribution in [0.2, 0.25) is 0 Å². The van der Waals surface area contributed by atoms with Gasteiger partial charge in [0.25, 0.3) is 5.91 Å². The normalized spacial score (nSPS) is 15.0. The van der Waals surface area contributed by atoms with E-state index < -0.39 is 0 Å². The molecular weight excluding hydrogens is 318 g/mol. The number of carbonyl (C=O) groups is 1. The fourth-order valence-electron chi connectivity index (χ4n) is 3.18. The van der Waals surface area contributed by atoms with E-state index in [0.717, 1.165) is 25.9 Å². The maximum atomic E-state index is 12.4. The number of aromatic hydroxyl groups is 1. The van der Waals surface area contributed by atoms with Crippen LogP contribution in [0, 0.1) is 0 Å². The third kappa shape index (κ3) is 4.24. The lowest BCUT2D eigenvalue weighted by Gasteiger charge is -2.32. The van der Waals surface area contributed by atoms with E-state index in [0.29, 0.717) is 17.4 Å². The van der Waals surface area contributed by atoms with Crippen molar-refractivity contribution in [3.63, 3.8) is 0 Å². The molecule has 0 atom stereocenters. The first-order chi connectivity index (χ1) is 12.2. The third-order valence-electron chi connectivity index (χ3n) is 4.63. The van der Waals surface area contributed by atoms with Crippen LogP contribution in [-0.4, -0.2) is 42.7 Å². The second kappa shape index (κ2) is 7.92. The highest BCUT2D eigenvalue weighted by Crippen LogP contribution is 2.29. The number of benzene rings is 2. The van der Waals surface area contributed by atoms with Crippen LogP contribution in [0.1, 0.15) is 24.3 Å². The summed E-state index contributed by atoms with van der Waals surface area (Å²) in [5.41, 5.74) is 1.22. The Morgan fingerprint density at radius 1 is 1.08 bits per heavy atom. The maximum absolute atomic E-state index is 12.4. The fraction of sp³-hybridized carbons (Fsp3) is 0.350. The van der Waals surface area contributed by atoms with E-state index in [2.05, 4.69) is 0 Å². The number of likely N-dealkylation sites (tertiary alicyclic amines) is 1. The summed E-state index contributed by atoms with van der Waals surface area (Å²) in [7, 11) is 1.58. The third-order valence-corrected chi connectivity index (χ3v) is 4.63. The van der Waals surface area contributed by atoms with Gasteiger partial charge in [0.1, 0.15) is 5.75 Å². The number of para-hydroxylation sites is 2. The highest BCUT2D eigenvalue weighted by Gasteiger charge is 2.24. The zero-order valence-electron chi connectivity index (χ0n) is 14.4. The van der Waals surface area contributed by atoms with Gasteiger partial charge in [-0.2, -0.15) is 0 Å². The Morgan fingerprint density at radius 2 is 1.72 bits per heavy atom. The summed E-state index contributed by atoms with van der Waals surface area (Å²) in [4.78, 5) is 14.2. The average molecular weight is 341 g/mol. The molecule has 0 unspecified atom stereocenters. The summed E-state index contributed by atoms with van der Waals surface area (Å²) in [5.74, 6) is 1.92. The molecule has 2 aromatic carbocycles. The number of methoxy groups -OCH3 is 1. The summed E-state index contributed by atoms with van der Waals surface area (Å²) in [6.45, 7) is 1.46. The predicted octanol–water partition coefficient (Wildman–Crippen LogP) is 3.19. The topological polar surface area (TPSA) is 59.0 Å². The molecule has 1 aliphatic rings. The van der Waals surface area contributed by atoms with Crippen molar-refractivity contribution in [2.24, 2.45) is 0 Å². The molecule has 0 radical (unpaired) electrons. The minimum Gasteiger partial charge on any atom is -0.508 e. The van der Waals surface area contributed by atoms with E-state index in [-0.39, 0.29) is 18.3 Å². The van der Waals surface area contributed by atoms with Crippen LogP contribution >= 0.6 is 0 Å². The quantitative estimate of drug-likeness (QED) is 0.907. The van der Waals surface area contributed by atoms with Gasteiger partial charge in [0.05, 0.1) is 7.11 Å². The molecule has 0 saturated carbocycles. The van der Waals surface area contributed by atoms with E-state index in [1.165, 1.54) is 5.56 Å². The van der Waals surface area contributed by atoms with Gasteiger partial charge in [-0.3, -0.25) is 4.79 Å². The molecule has 3 rings (SSSR count). The van der Waals surface area contributed by atoms with Gasteiger partial charge in [0, 0.05) is 13.1 Å². The zero-order chi connectivity index (χ0) is 17.6. The lowest BCUT2D eigenvalue weighted by molar-refractivity contribution is -0.134. The van der Waals surface area contributed by atoms with Crippen molar-refractivity contribution < 1.29 is 19.4 Å².